The van der Waals surface area contributed by atoms with E-state index in [1.807, 2.05) is 0 Å². The Kier molecular flexibility index (Phi) is 3.83. The first-order chi connectivity index (χ1) is 7.41. The van der Waals surface area contributed by atoms with Crippen LogP contribution >= 0.6 is 0 Å². The van der Waals surface area contributed by atoms with Gasteiger partial charge in [-0.05, 0) is 6.42 Å². The third-order valence-corrected chi connectivity index (χ3v) is 2.48. The fourth-order valence-corrected chi connectivity index (χ4v) is 1.73. The monoisotopic (exact) mass is 230 g/mol. The van der Waals surface area contributed by atoms with Crippen LogP contribution in [0, 0.1) is 0 Å². The number of nitrogens with two attached hydrogens (primary N) is 1. The summed E-state index contributed by atoms with van der Waals surface area (Å²) in [4.78, 5) is 33.8. The summed E-state index contributed by atoms with van der Waals surface area (Å²) in [5.74, 6) is -2.60. The Hall–Kier alpha value is -1.63. The molecule has 0 spiro atoms. The first-order valence-corrected chi connectivity index (χ1v) is 4.91. The lowest BCUT2D eigenvalue weighted by atomic mass is 10.1. The van der Waals surface area contributed by atoms with Gasteiger partial charge in [-0.3, -0.25) is 9.59 Å². The maximum absolute atomic E-state index is 11.4. The molecule has 1 rings (SSSR count). The molecule has 0 aromatic carbocycles. The Morgan fingerprint density at radius 3 is 2.50 bits per heavy atom. The van der Waals surface area contributed by atoms with Gasteiger partial charge < -0.3 is 20.8 Å². The van der Waals surface area contributed by atoms with Crippen molar-refractivity contribution in [3.05, 3.63) is 0 Å². The number of amides is 1. The van der Waals surface area contributed by atoms with Crippen molar-refractivity contribution in [2.75, 3.05) is 6.54 Å². The Balaban J connectivity index is 2.66. The zero-order valence-electron chi connectivity index (χ0n) is 8.63. The van der Waals surface area contributed by atoms with Crippen molar-refractivity contribution in [1.82, 2.24) is 4.90 Å². The van der Waals surface area contributed by atoms with Crippen molar-refractivity contribution in [3.63, 3.8) is 0 Å². The van der Waals surface area contributed by atoms with Crippen LogP contribution < -0.4 is 5.73 Å². The number of carbonyl (C=O) groups excluding carboxylic acids is 1. The summed E-state index contributed by atoms with van der Waals surface area (Å²) < 4.78 is 0. The molecule has 1 heterocycles. The minimum atomic E-state index is -1.19. The quantitative estimate of drug-likeness (QED) is 0.549. The number of nitrogens with zero attached hydrogens (tertiary/aromatic N) is 1. The molecule has 1 aliphatic rings. The number of hydrogen-bond donors (Lipinski definition) is 3. The molecule has 16 heavy (non-hydrogen) atoms. The third kappa shape index (κ3) is 2.93. The van der Waals surface area contributed by atoms with Gasteiger partial charge in [-0.25, -0.2) is 4.79 Å². The summed E-state index contributed by atoms with van der Waals surface area (Å²) in [5.41, 5.74) is 5.54. The van der Waals surface area contributed by atoms with Gasteiger partial charge in [0.25, 0.3) is 0 Å². The van der Waals surface area contributed by atoms with Crippen LogP contribution in [0.2, 0.25) is 0 Å². The Morgan fingerprint density at radius 1 is 1.50 bits per heavy atom. The molecule has 0 radical (unpaired) electrons. The number of rotatable bonds is 5. The molecule has 7 nitrogen and oxygen atoms in total. The summed E-state index contributed by atoms with van der Waals surface area (Å²) >= 11 is 0. The highest BCUT2D eigenvalue weighted by Crippen LogP contribution is 2.16. The molecule has 1 fully saturated rings. The third-order valence-electron chi connectivity index (χ3n) is 2.48. The SMILES string of the molecule is NC1CC(=O)N([C@@H](CCC(=O)O)C(=O)O)C1. The molecule has 1 amide bonds. The number of likely N-dealkylation sites (tertiary alicyclic amines) is 1. The zero-order valence-corrected chi connectivity index (χ0v) is 8.63. The lowest BCUT2D eigenvalue weighted by Crippen LogP contribution is -2.43. The van der Waals surface area contributed by atoms with E-state index < -0.39 is 18.0 Å². The summed E-state index contributed by atoms with van der Waals surface area (Å²) in [6, 6.07) is -1.45. The van der Waals surface area contributed by atoms with E-state index in [1.54, 1.807) is 0 Å². The summed E-state index contributed by atoms with van der Waals surface area (Å²) in [5, 5.41) is 17.4. The number of carbonyl (C=O) groups is 3. The fourth-order valence-electron chi connectivity index (χ4n) is 1.73. The standard InChI is InChI=1S/C9H14N2O5/c10-5-3-7(12)11(4-5)6(9(15)16)1-2-8(13)14/h5-6H,1-4,10H2,(H,13,14)(H,15,16)/t5?,6-/m0/s1. The molecule has 0 aromatic heterocycles. The zero-order chi connectivity index (χ0) is 12.3. The lowest BCUT2D eigenvalue weighted by molar-refractivity contribution is -0.149. The highest BCUT2D eigenvalue weighted by atomic mass is 16.4. The van der Waals surface area contributed by atoms with E-state index in [1.165, 1.54) is 0 Å². The second-order valence-electron chi connectivity index (χ2n) is 3.80. The fraction of sp³-hybridized carbons (Fsp3) is 0.667. The Bertz CT molecular complexity index is 317. The molecule has 7 heteroatoms. The second-order valence-corrected chi connectivity index (χ2v) is 3.80. The number of hydrogen-bond acceptors (Lipinski definition) is 4. The van der Waals surface area contributed by atoms with Crippen LogP contribution in [0.4, 0.5) is 0 Å². The van der Waals surface area contributed by atoms with Crippen LogP contribution in [0.15, 0.2) is 0 Å². The van der Waals surface area contributed by atoms with Crippen molar-refractivity contribution in [1.29, 1.82) is 0 Å². The van der Waals surface area contributed by atoms with E-state index in [2.05, 4.69) is 0 Å². The molecular weight excluding hydrogens is 216 g/mol. The maximum atomic E-state index is 11.4. The van der Waals surface area contributed by atoms with Gasteiger partial charge in [0.1, 0.15) is 6.04 Å². The number of carboxylic acids is 2. The van der Waals surface area contributed by atoms with Crippen LogP contribution in [0.3, 0.4) is 0 Å². The van der Waals surface area contributed by atoms with Crippen molar-refractivity contribution >= 4 is 17.8 Å². The Morgan fingerprint density at radius 2 is 2.12 bits per heavy atom. The first kappa shape index (κ1) is 12.4. The largest absolute Gasteiger partial charge is 0.481 e. The molecule has 1 saturated heterocycles. The van der Waals surface area contributed by atoms with E-state index in [4.69, 9.17) is 15.9 Å². The highest BCUT2D eigenvalue weighted by molar-refractivity contribution is 5.86. The topological polar surface area (TPSA) is 121 Å². The smallest absolute Gasteiger partial charge is 0.326 e. The van der Waals surface area contributed by atoms with E-state index in [0.29, 0.717) is 0 Å². The van der Waals surface area contributed by atoms with Crippen molar-refractivity contribution in [2.45, 2.75) is 31.3 Å². The van der Waals surface area contributed by atoms with Gasteiger partial charge in [-0.1, -0.05) is 0 Å². The summed E-state index contributed by atoms with van der Waals surface area (Å²) in [6.45, 7) is 0.176. The van der Waals surface area contributed by atoms with E-state index >= 15 is 0 Å². The molecule has 0 aliphatic carbocycles. The van der Waals surface area contributed by atoms with E-state index in [0.717, 1.165) is 4.90 Å². The molecule has 90 valence electrons. The van der Waals surface area contributed by atoms with Gasteiger partial charge in [-0.15, -0.1) is 0 Å². The van der Waals surface area contributed by atoms with Gasteiger partial charge >= 0.3 is 11.9 Å². The van der Waals surface area contributed by atoms with Crippen LogP contribution in [-0.2, 0) is 14.4 Å². The van der Waals surface area contributed by atoms with Crippen LogP contribution in [0.5, 0.6) is 0 Å². The van der Waals surface area contributed by atoms with Gasteiger partial charge in [0.2, 0.25) is 5.91 Å². The van der Waals surface area contributed by atoms with Crippen LogP contribution in [-0.4, -0.2) is 51.6 Å². The van der Waals surface area contributed by atoms with Crippen molar-refractivity contribution in [2.24, 2.45) is 5.73 Å². The van der Waals surface area contributed by atoms with Crippen LogP contribution in [0.1, 0.15) is 19.3 Å². The van der Waals surface area contributed by atoms with Gasteiger partial charge in [0, 0.05) is 25.4 Å². The predicted octanol–water partition coefficient (Wildman–Crippen LogP) is -1.14. The van der Waals surface area contributed by atoms with E-state index in [9.17, 15) is 14.4 Å². The minimum absolute atomic E-state index is 0.0941. The van der Waals surface area contributed by atoms with Crippen LogP contribution in [0.25, 0.3) is 0 Å². The second kappa shape index (κ2) is 4.93. The molecule has 0 bridgehead atoms. The molecule has 4 N–H and O–H groups in total. The summed E-state index contributed by atoms with van der Waals surface area (Å²) in [6.07, 6.45) is -0.254. The van der Waals surface area contributed by atoms with Gasteiger partial charge in [0.05, 0.1) is 0 Å². The molecule has 0 saturated carbocycles. The van der Waals surface area contributed by atoms with Gasteiger partial charge in [-0.2, -0.15) is 0 Å². The molecule has 2 atom stereocenters. The summed E-state index contributed by atoms with van der Waals surface area (Å²) in [7, 11) is 0. The number of aliphatic carboxylic acids is 2. The normalized spacial score (nSPS) is 22.2. The average molecular weight is 230 g/mol. The molecule has 0 aromatic rings. The van der Waals surface area contributed by atoms with Crippen molar-refractivity contribution in [3.8, 4) is 0 Å². The minimum Gasteiger partial charge on any atom is -0.481 e. The van der Waals surface area contributed by atoms with E-state index in [-0.39, 0.29) is 37.8 Å². The van der Waals surface area contributed by atoms with Crippen molar-refractivity contribution < 1.29 is 24.6 Å². The lowest BCUT2D eigenvalue weighted by Gasteiger charge is -2.23. The predicted molar refractivity (Wildman–Crippen MR) is 52.6 cm³/mol. The molecular formula is C9H14N2O5. The molecule has 1 aliphatic heterocycles. The average Bonchev–Trinajstić information content (AvgIpc) is 2.45. The molecule has 1 unspecified atom stereocenters. The Labute approximate surface area is 91.8 Å². The highest BCUT2D eigenvalue weighted by Gasteiger charge is 2.36. The number of carboxylic acid groups (broad SMARTS) is 2. The first-order valence-electron chi connectivity index (χ1n) is 4.91. The van der Waals surface area contributed by atoms with Gasteiger partial charge in [0.15, 0.2) is 0 Å². The maximum Gasteiger partial charge on any atom is 0.326 e.